The SMILES string of the molecule is COc1cc(C)ccc1OCC(=O)N1CCCc2c(C(N)=O)cccc21. The smallest absolute Gasteiger partial charge is 0.264 e. The highest BCUT2D eigenvalue weighted by Crippen LogP contribution is 2.31. The summed E-state index contributed by atoms with van der Waals surface area (Å²) in [5.41, 5.74) is 8.54. The molecule has 0 aliphatic carbocycles. The van der Waals surface area contributed by atoms with Crippen LogP contribution in [0.2, 0.25) is 0 Å². The van der Waals surface area contributed by atoms with Gasteiger partial charge in [0.15, 0.2) is 18.1 Å². The Hall–Kier alpha value is -3.02. The highest BCUT2D eigenvalue weighted by Gasteiger charge is 2.25. The first-order chi connectivity index (χ1) is 12.5. The summed E-state index contributed by atoms with van der Waals surface area (Å²) in [6, 6.07) is 10.8. The zero-order valence-electron chi connectivity index (χ0n) is 15.0. The summed E-state index contributed by atoms with van der Waals surface area (Å²) in [6.45, 7) is 2.43. The van der Waals surface area contributed by atoms with Gasteiger partial charge < -0.3 is 20.1 Å². The molecule has 2 aromatic rings. The highest BCUT2D eigenvalue weighted by molar-refractivity contribution is 6.00. The molecule has 6 nitrogen and oxygen atoms in total. The minimum Gasteiger partial charge on any atom is -0.493 e. The average Bonchev–Trinajstić information content (AvgIpc) is 2.65. The number of carbonyl (C=O) groups is 2. The number of nitrogens with zero attached hydrogens (tertiary/aromatic N) is 1. The maximum Gasteiger partial charge on any atom is 0.264 e. The molecule has 0 saturated carbocycles. The second-order valence-corrected chi connectivity index (χ2v) is 6.26. The van der Waals surface area contributed by atoms with E-state index in [-0.39, 0.29) is 12.5 Å². The zero-order chi connectivity index (χ0) is 18.7. The molecule has 26 heavy (non-hydrogen) atoms. The van der Waals surface area contributed by atoms with E-state index >= 15 is 0 Å². The number of carbonyl (C=O) groups excluding carboxylic acids is 2. The van der Waals surface area contributed by atoms with Crippen molar-refractivity contribution in [1.29, 1.82) is 0 Å². The van der Waals surface area contributed by atoms with Crippen molar-refractivity contribution in [2.45, 2.75) is 19.8 Å². The van der Waals surface area contributed by atoms with Crippen molar-refractivity contribution in [3.05, 3.63) is 53.1 Å². The van der Waals surface area contributed by atoms with Crippen molar-refractivity contribution >= 4 is 17.5 Å². The van der Waals surface area contributed by atoms with Crippen LogP contribution in [-0.4, -0.2) is 32.1 Å². The maximum atomic E-state index is 12.7. The largest absolute Gasteiger partial charge is 0.493 e. The second kappa shape index (κ2) is 7.47. The van der Waals surface area contributed by atoms with E-state index in [1.165, 1.54) is 0 Å². The third kappa shape index (κ3) is 3.49. The molecular formula is C20H22N2O4. The van der Waals surface area contributed by atoms with Crippen molar-refractivity contribution in [3.63, 3.8) is 0 Å². The molecule has 136 valence electrons. The number of hydrogen-bond acceptors (Lipinski definition) is 4. The fourth-order valence-corrected chi connectivity index (χ4v) is 3.23. The Morgan fingerprint density at radius 1 is 1.19 bits per heavy atom. The molecule has 0 bridgehead atoms. The van der Waals surface area contributed by atoms with Gasteiger partial charge in [-0.15, -0.1) is 0 Å². The number of aryl methyl sites for hydroxylation is 1. The number of hydrogen-bond donors (Lipinski definition) is 1. The Morgan fingerprint density at radius 2 is 2.00 bits per heavy atom. The lowest BCUT2D eigenvalue weighted by molar-refractivity contribution is -0.120. The van der Waals surface area contributed by atoms with Gasteiger partial charge in [0.2, 0.25) is 5.91 Å². The quantitative estimate of drug-likeness (QED) is 0.894. The number of fused-ring (bicyclic) bond motifs is 1. The van der Waals surface area contributed by atoms with Crippen LogP contribution >= 0.6 is 0 Å². The zero-order valence-corrected chi connectivity index (χ0v) is 15.0. The molecule has 1 aliphatic rings. The normalized spacial score (nSPS) is 13.1. The van der Waals surface area contributed by atoms with Gasteiger partial charge in [0.25, 0.3) is 5.91 Å². The van der Waals surface area contributed by atoms with Gasteiger partial charge in [-0.05, 0) is 55.2 Å². The molecule has 0 radical (unpaired) electrons. The van der Waals surface area contributed by atoms with Crippen LogP contribution in [-0.2, 0) is 11.2 Å². The van der Waals surface area contributed by atoms with Crippen molar-refractivity contribution in [2.75, 3.05) is 25.2 Å². The van der Waals surface area contributed by atoms with Crippen molar-refractivity contribution in [3.8, 4) is 11.5 Å². The lowest BCUT2D eigenvalue weighted by Crippen LogP contribution is -2.39. The summed E-state index contributed by atoms with van der Waals surface area (Å²) in [5.74, 6) is 0.467. The van der Waals surface area contributed by atoms with Gasteiger partial charge in [0.1, 0.15) is 0 Å². The summed E-state index contributed by atoms with van der Waals surface area (Å²) in [7, 11) is 1.57. The molecule has 2 aromatic carbocycles. The summed E-state index contributed by atoms with van der Waals surface area (Å²) in [4.78, 5) is 26.0. The van der Waals surface area contributed by atoms with Gasteiger partial charge in [-0.3, -0.25) is 9.59 Å². The molecule has 1 heterocycles. The van der Waals surface area contributed by atoms with Crippen molar-refractivity contribution in [2.24, 2.45) is 5.73 Å². The summed E-state index contributed by atoms with van der Waals surface area (Å²) in [5, 5.41) is 0. The highest BCUT2D eigenvalue weighted by atomic mass is 16.5. The second-order valence-electron chi connectivity index (χ2n) is 6.26. The predicted octanol–water partition coefficient (Wildman–Crippen LogP) is 2.46. The van der Waals surface area contributed by atoms with Gasteiger partial charge in [-0.1, -0.05) is 12.1 Å². The van der Waals surface area contributed by atoms with Gasteiger partial charge in [-0.25, -0.2) is 0 Å². The number of methoxy groups -OCH3 is 1. The molecule has 0 unspecified atom stereocenters. The number of amides is 2. The van der Waals surface area contributed by atoms with E-state index in [1.54, 1.807) is 30.2 Å². The Balaban J connectivity index is 1.78. The average molecular weight is 354 g/mol. The van der Waals surface area contributed by atoms with Crippen LogP contribution in [0.5, 0.6) is 11.5 Å². The molecule has 2 N–H and O–H groups in total. The van der Waals surface area contributed by atoms with Gasteiger partial charge in [0.05, 0.1) is 7.11 Å². The van der Waals surface area contributed by atoms with Crippen molar-refractivity contribution in [1.82, 2.24) is 0 Å². The maximum absolute atomic E-state index is 12.7. The number of rotatable bonds is 5. The molecule has 1 aliphatic heterocycles. The first-order valence-corrected chi connectivity index (χ1v) is 8.50. The number of benzene rings is 2. The van der Waals surface area contributed by atoms with E-state index in [9.17, 15) is 9.59 Å². The third-order valence-corrected chi connectivity index (χ3v) is 4.49. The van der Waals surface area contributed by atoms with Crippen LogP contribution < -0.4 is 20.1 Å². The van der Waals surface area contributed by atoms with Crippen LogP contribution in [0.4, 0.5) is 5.69 Å². The number of nitrogens with two attached hydrogens (primary N) is 1. The fourth-order valence-electron chi connectivity index (χ4n) is 3.23. The molecule has 0 spiro atoms. The molecule has 0 atom stereocenters. The molecule has 2 amide bonds. The molecule has 6 heteroatoms. The van der Waals surface area contributed by atoms with E-state index < -0.39 is 5.91 Å². The molecular weight excluding hydrogens is 332 g/mol. The van der Waals surface area contributed by atoms with E-state index in [2.05, 4.69) is 0 Å². The predicted molar refractivity (Wildman–Crippen MR) is 98.9 cm³/mol. The van der Waals surface area contributed by atoms with Crippen LogP contribution in [0.3, 0.4) is 0 Å². The molecule has 0 saturated heterocycles. The molecule has 0 fully saturated rings. The van der Waals surface area contributed by atoms with E-state index in [4.69, 9.17) is 15.2 Å². The number of primary amides is 1. The third-order valence-electron chi connectivity index (χ3n) is 4.49. The summed E-state index contributed by atoms with van der Waals surface area (Å²) < 4.78 is 11.0. The fraction of sp³-hybridized carbons (Fsp3) is 0.300. The van der Waals surface area contributed by atoms with Crippen LogP contribution in [0.15, 0.2) is 36.4 Å². The Labute approximate surface area is 152 Å². The van der Waals surface area contributed by atoms with Gasteiger partial charge in [0, 0.05) is 17.8 Å². The monoisotopic (exact) mass is 354 g/mol. The Kier molecular flexibility index (Phi) is 5.11. The van der Waals surface area contributed by atoms with Crippen LogP contribution in [0, 0.1) is 6.92 Å². The van der Waals surface area contributed by atoms with E-state index in [1.807, 2.05) is 25.1 Å². The van der Waals surface area contributed by atoms with Crippen LogP contribution in [0.25, 0.3) is 0 Å². The van der Waals surface area contributed by atoms with Gasteiger partial charge >= 0.3 is 0 Å². The van der Waals surface area contributed by atoms with Crippen molar-refractivity contribution < 1.29 is 19.1 Å². The molecule has 3 rings (SSSR count). The number of ether oxygens (including phenoxy) is 2. The number of anilines is 1. The topological polar surface area (TPSA) is 81.9 Å². The minimum atomic E-state index is -0.475. The van der Waals surface area contributed by atoms with E-state index in [0.29, 0.717) is 23.6 Å². The summed E-state index contributed by atoms with van der Waals surface area (Å²) in [6.07, 6.45) is 1.50. The van der Waals surface area contributed by atoms with Crippen LogP contribution in [0.1, 0.15) is 27.9 Å². The lowest BCUT2D eigenvalue weighted by atomic mass is 9.96. The lowest BCUT2D eigenvalue weighted by Gasteiger charge is -2.30. The first-order valence-electron chi connectivity index (χ1n) is 8.50. The Morgan fingerprint density at radius 3 is 2.73 bits per heavy atom. The molecule has 0 aromatic heterocycles. The Bertz CT molecular complexity index is 848. The summed E-state index contributed by atoms with van der Waals surface area (Å²) >= 11 is 0. The minimum absolute atomic E-state index is 0.111. The van der Waals surface area contributed by atoms with Gasteiger partial charge in [-0.2, -0.15) is 0 Å². The van der Waals surface area contributed by atoms with E-state index in [0.717, 1.165) is 29.7 Å². The standard InChI is InChI=1S/C20H22N2O4/c1-13-8-9-17(18(11-13)25-2)26-12-19(23)22-10-4-6-14-15(20(21)24)5-3-7-16(14)22/h3,5,7-9,11H,4,6,10,12H2,1-2H3,(H2,21,24). The first kappa shape index (κ1) is 17.8.